The van der Waals surface area contributed by atoms with Gasteiger partial charge in [0.05, 0.1) is 0 Å². The number of carbonyl (C=O) groups is 2. The third-order valence-corrected chi connectivity index (χ3v) is 4.24. The highest BCUT2D eigenvalue weighted by atomic mass is 16.5. The van der Waals surface area contributed by atoms with Crippen LogP contribution in [0.25, 0.3) is 0 Å². The molecule has 0 spiro atoms. The number of hydrogen-bond donors (Lipinski definition) is 1. The van der Waals surface area contributed by atoms with E-state index in [1.165, 1.54) is 0 Å². The van der Waals surface area contributed by atoms with Crippen molar-refractivity contribution in [2.45, 2.75) is 39.3 Å². The summed E-state index contributed by atoms with van der Waals surface area (Å²) in [6, 6.07) is 18.4. The average molecular weight is 368 g/mol. The Kier molecular flexibility index (Phi) is 8.36. The number of rotatable bonds is 10. The fraction of sp³-hybridized carbons (Fsp3) is 0.364. The number of hydrogen-bond acceptors (Lipinski definition) is 3. The number of carbonyl (C=O) groups excluding carboxylic acids is 2. The molecule has 5 nitrogen and oxygen atoms in total. The standard InChI is InChI=1S/C22H28N2O3/c1-3-15-23-22(26)20(4-2)24(16-18-11-7-5-8-12-18)21(25)17-27-19-13-9-6-10-14-19/h5-14,20H,3-4,15-17H2,1-2H3,(H,23,26)/t20-/m0/s1. The Balaban J connectivity index is 2.14. The highest BCUT2D eigenvalue weighted by Gasteiger charge is 2.28. The topological polar surface area (TPSA) is 58.6 Å². The van der Waals surface area contributed by atoms with Crippen molar-refractivity contribution in [2.24, 2.45) is 0 Å². The van der Waals surface area contributed by atoms with Gasteiger partial charge in [0.2, 0.25) is 5.91 Å². The molecular weight excluding hydrogens is 340 g/mol. The molecule has 0 aliphatic heterocycles. The van der Waals surface area contributed by atoms with Crippen LogP contribution in [0, 0.1) is 0 Å². The molecule has 144 valence electrons. The summed E-state index contributed by atoms with van der Waals surface area (Å²) < 4.78 is 5.62. The van der Waals surface area contributed by atoms with Crippen LogP contribution in [0.2, 0.25) is 0 Å². The lowest BCUT2D eigenvalue weighted by atomic mass is 10.1. The lowest BCUT2D eigenvalue weighted by molar-refractivity contribution is -0.143. The quantitative estimate of drug-likeness (QED) is 0.699. The summed E-state index contributed by atoms with van der Waals surface area (Å²) in [7, 11) is 0. The van der Waals surface area contributed by atoms with E-state index in [4.69, 9.17) is 4.74 Å². The molecular formula is C22H28N2O3. The van der Waals surface area contributed by atoms with E-state index < -0.39 is 6.04 Å². The van der Waals surface area contributed by atoms with Crippen molar-refractivity contribution >= 4 is 11.8 Å². The highest BCUT2D eigenvalue weighted by molar-refractivity contribution is 5.88. The van der Waals surface area contributed by atoms with E-state index in [0.717, 1.165) is 12.0 Å². The van der Waals surface area contributed by atoms with Crippen LogP contribution in [0.3, 0.4) is 0 Å². The first kappa shape index (κ1) is 20.5. The Morgan fingerprint density at radius 3 is 2.22 bits per heavy atom. The minimum atomic E-state index is -0.524. The largest absolute Gasteiger partial charge is 0.484 e. The molecule has 0 aromatic heterocycles. The molecule has 0 saturated carbocycles. The van der Waals surface area contributed by atoms with Crippen LogP contribution in [-0.2, 0) is 16.1 Å². The highest BCUT2D eigenvalue weighted by Crippen LogP contribution is 2.14. The monoisotopic (exact) mass is 368 g/mol. The van der Waals surface area contributed by atoms with Gasteiger partial charge >= 0.3 is 0 Å². The Hall–Kier alpha value is -2.82. The van der Waals surface area contributed by atoms with E-state index in [1.807, 2.05) is 62.4 Å². The summed E-state index contributed by atoms with van der Waals surface area (Å²) in [4.78, 5) is 27.1. The van der Waals surface area contributed by atoms with Crippen LogP contribution in [0.5, 0.6) is 5.75 Å². The minimum Gasteiger partial charge on any atom is -0.484 e. The van der Waals surface area contributed by atoms with E-state index >= 15 is 0 Å². The van der Waals surface area contributed by atoms with E-state index in [1.54, 1.807) is 17.0 Å². The van der Waals surface area contributed by atoms with Crippen LogP contribution < -0.4 is 10.1 Å². The van der Waals surface area contributed by atoms with Crippen LogP contribution >= 0.6 is 0 Å². The molecule has 2 amide bonds. The molecule has 1 atom stereocenters. The molecule has 1 N–H and O–H groups in total. The van der Waals surface area contributed by atoms with Crippen LogP contribution in [0.15, 0.2) is 60.7 Å². The fourth-order valence-corrected chi connectivity index (χ4v) is 2.81. The minimum absolute atomic E-state index is 0.103. The van der Waals surface area contributed by atoms with Crippen LogP contribution in [-0.4, -0.2) is 35.9 Å². The zero-order chi connectivity index (χ0) is 19.5. The Bertz CT molecular complexity index is 704. The van der Waals surface area contributed by atoms with E-state index in [-0.39, 0.29) is 18.4 Å². The van der Waals surface area contributed by atoms with Crippen LogP contribution in [0.4, 0.5) is 0 Å². The molecule has 0 bridgehead atoms. The second kappa shape index (κ2) is 11.0. The first-order chi connectivity index (χ1) is 13.2. The van der Waals surface area contributed by atoms with Gasteiger partial charge < -0.3 is 15.0 Å². The van der Waals surface area contributed by atoms with Crippen molar-refractivity contribution < 1.29 is 14.3 Å². The molecule has 2 aromatic carbocycles. The average Bonchev–Trinajstić information content (AvgIpc) is 2.71. The second-order valence-corrected chi connectivity index (χ2v) is 6.32. The van der Waals surface area contributed by atoms with Gasteiger partial charge in [0.1, 0.15) is 11.8 Å². The van der Waals surface area contributed by atoms with Gasteiger partial charge in [0, 0.05) is 13.1 Å². The van der Waals surface area contributed by atoms with E-state index in [2.05, 4.69) is 5.32 Å². The summed E-state index contributed by atoms with van der Waals surface area (Å²) in [6.45, 7) is 4.79. The number of ether oxygens (including phenoxy) is 1. The molecule has 0 unspecified atom stereocenters. The molecule has 0 fully saturated rings. The molecule has 27 heavy (non-hydrogen) atoms. The molecule has 2 rings (SSSR count). The summed E-state index contributed by atoms with van der Waals surface area (Å²) in [5.41, 5.74) is 0.979. The van der Waals surface area contributed by atoms with Gasteiger partial charge in [-0.1, -0.05) is 62.4 Å². The Labute approximate surface area is 161 Å². The summed E-state index contributed by atoms with van der Waals surface area (Å²) in [5, 5.41) is 2.90. The SMILES string of the molecule is CCCNC(=O)[C@H](CC)N(Cc1ccccc1)C(=O)COc1ccccc1. The Morgan fingerprint density at radius 1 is 1.00 bits per heavy atom. The number of para-hydroxylation sites is 1. The first-order valence-electron chi connectivity index (χ1n) is 9.44. The summed E-state index contributed by atoms with van der Waals surface area (Å²) in [6.07, 6.45) is 1.39. The maximum absolute atomic E-state index is 12.9. The molecule has 0 aliphatic carbocycles. The van der Waals surface area contributed by atoms with Crippen LogP contribution in [0.1, 0.15) is 32.3 Å². The predicted molar refractivity (Wildman–Crippen MR) is 106 cm³/mol. The van der Waals surface area contributed by atoms with Crippen molar-refractivity contribution in [3.8, 4) is 5.75 Å². The lowest BCUT2D eigenvalue weighted by Gasteiger charge is -2.30. The number of amides is 2. The number of nitrogens with zero attached hydrogens (tertiary/aromatic N) is 1. The van der Waals surface area contributed by atoms with E-state index in [9.17, 15) is 9.59 Å². The van der Waals surface area contributed by atoms with Gasteiger partial charge in [0.25, 0.3) is 5.91 Å². The predicted octanol–water partition coefficient (Wildman–Crippen LogP) is 3.40. The van der Waals surface area contributed by atoms with Gasteiger partial charge in [-0.25, -0.2) is 0 Å². The molecule has 0 heterocycles. The molecule has 2 aromatic rings. The zero-order valence-corrected chi connectivity index (χ0v) is 16.1. The maximum atomic E-state index is 12.9. The maximum Gasteiger partial charge on any atom is 0.261 e. The normalized spacial score (nSPS) is 11.5. The summed E-state index contributed by atoms with van der Waals surface area (Å²) in [5.74, 6) is 0.304. The van der Waals surface area contributed by atoms with E-state index in [0.29, 0.717) is 25.3 Å². The van der Waals surface area contributed by atoms with Gasteiger partial charge in [0.15, 0.2) is 6.61 Å². The Morgan fingerprint density at radius 2 is 1.63 bits per heavy atom. The van der Waals surface area contributed by atoms with Crippen molar-refractivity contribution in [1.29, 1.82) is 0 Å². The van der Waals surface area contributed by atoms with Gasteiger partial charge in [-0.3, -0.25) is 9.59 Å². The second-order valence-electron chi connectivity index (χ2n) is 6.32. The molecule has 0 saturated heterocycles. The third kappa shape index (κ3) is 6.44. The number of nitrogens with one attached hydrogen (secondary N) is 1. The van der Waals surface area contributed by atoms with Crippen molar-refractivity contribution in [2.75, 3.05) is 13.2 Å². The lowest BCUT2D eigenvalue weighted by Crippen LogP contribution is -2.50. The summed E-state index contributed by atoms with van der Waals surface area (Å²) >= 11 is 0. The first-order valence-corrected chi connectivity index (χ1v) is 9.44. The molecule has 5 heteroatoms. The number of benzene rings is 2. The van der Waals surface area contributed by atoms with Crippen molar-refractivity contribution in [3.05, 3.63) is 66.2 Å². The zero-order valence-electron chi connectivity index (χ0n) is 16.1. The molecule has 0 radical (unpaired) electrons. The van der Waals surface area contributed by atoms with Crippen molar-refractivity contribution in [1.82, 2.24) is 10.2 Å². The molecule has 0 aliphatic rings. The third-order valence-electron chi connectivity index (χ3n) is 4.24. The van der Waals surface area contributed by atoms with Crippen molar-refractivity contribution in [3.63, 3.8) is 0 Å². The smallest absolute Gasteiger partial charge is 0.261 e. The van der Waals surface area contributed by atoms with Gasteiger partial charge in [-0.2, -0.15) is 0 Å². The fourth-order valence-electron chi connectivity index (χ4n) is 2.81. The van der Waals surface area contributed by atoms with Gasteiger partial charge in [-0.15, -0.1) is 0 Å². The van der Waals surface area contributed by atoms with Gasteiger partial charge in [-0.05, 0) is 30.5 Å².